The standard InChI is InChI=1S/C18H27NO2/c1-13(2)15-10-7-11-16(12-15)19-17(18(20)21-3)14-8-5-4-6-9-14/h4-6,8-9,13,15-17,19H,7,10-12H2,1-3H3. The molecule has 1 saturated carbocycles. The van der Waals surface area contributed by atoms with Gasteiger partial charge in [-0.3, -0.25) is 5.32 Å². The van der Waals surface area contributed by atoms with Crippen LogP contribution in [0.3, 0.4) is 0 Å². The lowest BCUT2D eigenvalue weighted by atomic mass is 9.79. The van der Waals surface area contributed by atoms with Crippen LogP contribution in [0, 0.1) is 11.8 Å². The Hall–Kier alpha value is -1.35. The number of nitrogens with one attached hydrogen (secondary N) is 1. The van der Waals surface area contributed by atoms with Gasteiger partial charge >= 0.3 is 5.97 Å². The molecule has 1 aromatic rings. The van der Waals surface area contributed by atoms with E-state index in [4.69, 9.17) is 4.74 Å². The fourth-order valence-corrected chi connectivity index (χ4v) is 3.28. The zero-order valence-corrected chi connectivity index (χ0v) is 13.3. The molecule has 1 N–H and O–H groups in total. The molecule has 0 aromatic heterocycles. The van der Waals surface area contributed by atoms with Gasteiger partial charge in [0.25, 0.3) is 0 Å². The molecular formula is C18H27NO2. The molecule has 1 fully saturated rings. The number of ether oxygens (including phenoxy) is 1. The molecule has 1 aliphatic carbocycles. The Labute approximate surface area is 128 Å². The molecule has 3 heteroatoms. The number of carbonyl (C=O) groups is 1. The molecule has 1 aromatic carbocycles. The zero-order chi connectivity index (χ0) is 15.2. The third-order valence-corrected chi connectivity index (χ3v) is 4.63. The smallest absolute Gasteiger partial charge is 0.327 e. The lowest BCUT2D eigenvalue weighted by molar-refractivity contribution is -0.143. The van der Waals surface area contributed by atoms with Gasteiger partial charge in [-0.25, -0.2) is 4.79 Å². The zero-order valence-electron chi connectivity index (χ0n) is 13.3. The van der Waals surface area contributed by atoms with Crippen LogP contribution in [-0.2, 0) is 9.53 Å². The van der Waals surface area contributed by atoms with E-state index in [1.54, 1.807) is 0 Å². The highest BCUT2D eigenvalue weighted by Crippen LogP contribution is 2.31. The van der Waals surface area contributed by atoms with Crippen molar-refractivity contribution in [1.82, 2.24) is 5.32 Å². The van der Waals surface area contributed by atoms with Crippen molar-refractivity contribution in [3.05, 3.63) is 35.9 Å². The lowest BCUT2D eigenvalue weighted by Gasteiger charge is -2.34. The third-order valence-electron chi connectivity index (χ3n) is 4.63. The first-order chi connectivity index (χ1) is 10.1. The van der Waals surface area contributed by atoms with E-state index in [1.165, 1.54) is 20.0 Å². The van der Waals surface area contributed by atoms with E-state index in [1.807, 2.05) is 30.3 Å². The minimum atomic E-state index is -0.355. The Morgan fingerprint density at radius 3 is 2.57 bits per heavy atom. The van der Waals surface area contributed by atoms with Crippen LogP contribution in [0.25, 0.3) is 0 Å². The van der Waals surface area contributed by atoms with Crippen LogP contribution >= 0.6 is 0 Å². The fourth-order valence-electron chi connectivity index (χ4n) is 3.28. The molecule has 0 spiro atoms. The van der Waals surface area contributed by atoms with Gasteiger partial charge in [0.2, 0.25) is 0 Å². The Bertz CT molecular complexity index is 444. The van der Waals surface area contributed by atoms with Crippen molar-refractivity contribution in [1.29, 1.82) is 0 Å². The summed E-state index contributed by atoms with van der Waals surface area (Å²) in [7, 11) is 1.46. The van der Waals surface area contributed by atoms with Gasteiger partial charge in [-0.05, 0) is 30.2 Å². The van der Waals surface area contributed by atoms with E-state index >= 15 is 0 Å². The maximum atomic E-state index is 12.1. The van der Waals surface area contributed by atoms with Gasteiger partial charge < -0.3 is 4.74 Å². The van der Waals surface area contributed by atoms with E-state index in [0.717, 1.165) is 24.3 Å². The van der Waals surface area contributed by atoms with Gasteiger partial charge in [-0.15, -0.1) is 0 Å². The van der Waals surface area contributed by atoms with E-state index in [2.05, 4.69) is 19.2 Å². The molecule has 3 unspecified atom stereocenters. The van der Waals surface area contributed by atoms with Crippen LogP contribution in [0.4, 0.5) is 0 Å². The number of benzene rings is 1. The number of methoxy groups -OCH3 is 1. The number of rotatable bonds is 5. The number of esters is 1. The molecule has 0 radical (unpaired) electrons. The summed E-state index contributed by atoms with van der Waals surface area (Å²) in [6.45, 7) is 4.59. The lowest BCUT2D eigenvalue weighted by Crippen LogP contribution is -2.41. The first-order valence-electron chi connectivity index (χ1n) is 8.00. The van der Waals surface area contributed by atoms with Crippen LogP contribution in [0.15, 0.2) is 30.3 Å². The first kappa shape index (κ1) is 16.0. The summed E-state index contributed by atoms with van der Waals surface area (Å²) < 4.78 is 4.98. The summed E-state index contributed by atoms with van der Waals surface area (Å²) in [5, 5.41) is 3.53. The molecule has 116 valence electrons. The average molecular weight is 289 g/mol. The molecule has 0 aliphatic heterocycles. The predicted molar refractivity (Wildman–Crippen MR) is 84.9 cm³/mol. The second-order valence-corrected chi connectivity index (χ2v) is 6.40. The molecule has 1 aliphatic rings. The highest BCUT2D eigenvalue weighted by Gasteiger charge is 2.29. The van der Waals surface area contributed by atoms with Crippen LogP contribution in [-0.4, -0.2) is 19.1 Å². The maximum Gasteiger partial charge on any atom is 0.327 e. The SMILES string of the molecule is COC(=O)C(NC1CCCC(C(C)C)C1)c1ccccc1. The Balaban J connectivity index is 2.07. The summed E-state index contributed by atoms with van der Waals surface area (Å²) in [5.74, 6) is 1.26. The van der Waals surface area contributed by atoms with Crippen molar-refractivity contribution in [3.63, 3.8) is 0 Å². The van der Waals surface area contributed by atoms with Gasteiger partial charge in [0.15, 0.2) is 0 Å². The van der Waals surface area contributed by atoms with Crippen molar-refractivity contribution < 1.29 is 9.53 Å². The molecule has 3 nitrogen and oxygen atoms in total. The molecule has 0 amide bonds. The summed E-state index contributed by atoms with van der Waals surface area (Å²) >= 11 is 0. The van der Waals surface area contributed by atoms with Crippen LogP contribution in [0.2, 0.25) is 0 Å². The Kier molecular flexibility index (Phi) is 5.80. The average Bonchev–Trinajstić information content (AvgIpc) is 2.53. The minimum absolute atomic E-state index is 0.201. The van der Waals surface area contributed by atoms with E-state index < -0.39 is 0 Å². The van der Waals surface area contributed by atoms with E-state index in [0.29, 0.717) is 12.0 Å². The molecule has 0 saturated heterocycles. The van der Waals surface area contributed by atoms with Gasteiger partial charge in [-0.1, -0.05) is 57.0 Å². The molecule has 0 heterocycles. The Morgan fingerprint density at radius 1 is 1.24 bits per heavy atom. The minimum Gasteiger partial charge on any atom is -0.468 e. The summed E-state index contributed by atoms with van der Waals surface area (Å²) in [5.41, 5.74) is 0.982. The van der Waals surface area contributed by atoms with Crippen molar-refractivity contribution in [2.24, 2.45) is 11.8 Å². The molecule has 0 bridgehead atoms. The maximum absolute atomic E-state index is 12.1. The molecule has 21 heavy (non-hydrogen) atoms. The second-order valence-electron chi connectivity index (χ2n) is 6.40. The number of hydrogen-bond acceptors (Lipinski definition) is 3. The number of hydrogen-bond donors (Lipinski definition) is 1. The number of carbonyl (C=O) groups excluding carboxylic acids is 1. The molecule has 2 rings (SSSR count). The first-order valence-corrected chi connectivity index (χ1v) is 8.00. The van der Waals surface area contributed by atoms with Crippen molar-refractivity contribution in [2.75, 3.05) is 7.11 Å². The van der Waals surface area contributed by atoms with Gasteiger partial charge in [0.05, 0.1) is 7.11 Å². The Morgan fingerprint density at radius 2 is 1.95 bits per heavy atom. The summed E-state index contributed by atoms with van der Waals surface area (Å²) in [6.07, 6.45) is 4.84. The second kappa shape index (κ2) is 7.60. The fraction of sp³-hybridized carbons (Fsp3) is 0.611. The van der Waals surface area contributed by atoms with Crippen molar-refractivity contribution >= 4 is 5.97 Å². The highest BCUT2D eigenvalue weighted by atomic mass is 16.5. The van der Waals surface area contributed by atoms with Gasteiger partial charge in [0.1, 0.15) is 6.04 Å². The normalized spacial score (nSPS) is 23.8. The van der Waals surface area contributed by atoms with E-state index in [-0.39, 0.29) is 12.0 Å². The molecule has 3 atom stereocenters. The van der Waals surface area contributed by atoms with Crippen LogP contribution in [0.5, 0.6) is 0 Å². The van der Waals surface area contributed by atoms with Crippen molar-refractivity contribution in [2.45, 2.75) is 51.6 Å². The quantitative estimate of drug-likeness (QED) is 0.840. The van der Waals surface area contributed by atoms with Crippen LogP contribution in [0.1, 0.15) is 51.1 Å². The molecular weight excluding hydrogens is 262 g/mol. The largest absolute Gasteiger partial charge is 0.468 e. The van der Waals surface area contributed by atoms with E-state index in [9.17, 15) is 4.79 Å². The van der Waals surface area contributed by atoms with Crippen LogP contribution < -0.4 is 5.32 Å². The topological polar surface area (TPSA) is 38.3 Å². The monoisotopic (exact) mass is 289 g/mol. The van der Waals surface area contributed by atoms with Crippen molar-refractivity contribution in [3.8, 4) is 0 Å². The van der Waals surface area contributed by atoms with Gasteiger partial charge in [0, 0.05) is 6.04 Å². The summed E-state index contributed by atoms with van der Waals surface area (Å²) in [6, 6.07) is 9.90. The van der Waals surface area contributed by atoms with Gasteiger partial charge in [-0.2, -0.15) is 0 Å². The summed E-state index contributed by atoms with van der Waals surface area (Å²) in [4.78, 5) is 12.1. The predicted octanol–water partition coefficient (Wildman–Crippen LogP) is 3.71. The third kappa shape index (κ3) is 4.31. The highest BCUT2D eigenvalue weighted by molar-refractivity contribution is 5.77.